The summed E-state index contributed by atoms with van der Waals surface area (Å²) in [6, 6.07) is 2.70. The third-order valence-electron chi connectivity index (χ3n) is 11.7. The Bertz CT molecular complexity index is 1880. The van der Waals surface area contributed by atoms with Crippen LogP contribution in [0.3, 0.4) is 0 Å². The minimum atomic E-state index is -1.15. The van der Waals surface area contributed by atoms with Crippen molar-refractivity contribution < 1.29 is 28.3 Å². The van der Waals surface area contributed by atoms with E-state index in [1.54, 1.807) is 12.1 Å². The summed E-state index contributed by atoms with van der Waals surface area (Å²) in [4.78, 5) is 85.9. The van der Waals surface area contributed by atoms with Crippen molar-refractivity contribution in [3.05, 3.63) is 67.7 Å². The normalized spacial score (nSPS) is 29.5. The van der Waals surface area contributed by atoms with E-state index in [2.05, 4.69) is 22.0 Å². The summed E-state index contributed by atoms with van der Waals surface area (Å²) in [5.74, 6) is -1.37. The lowest BCUT2D eigenvalue weighted by Crippen LogP contribution is -2.57. The zero-order valence-electron chi connectivity index (χ0n) is 29.2. The molecule has 2 aromatic rings. The van der Waals surface area contributed by atoms with Crippen LogP contribution in [0.4, 0.5) is 20.6 Å². The molecule has 2 saturated carbocycles. The molecule has 0 unspecified atom stereocenters. The van der Waals surface area contributed by atoms with Crippen molar-refractivity contribution in [3.63, 3.8) is 0 Å². The Hall–Kier alpha value is -4.75. The van der Waals surface area contributed by atoms with Gasteiger partial charge in [-0.05, 0) is 62.5 Å². The molecule has 3 N–H and O–H groups in total. The number of fused-ring (bicyclic) bond motifs is 3. The van der Waals surface area contributed by atoms with E-state index in [0.717, 1.165) is 38.5 Å². The molecule has 13 nitrogen and oxygen atoms in total. The van der Waals surface area contributed by atoms with Crippen molar-refractivity contribution in [2.24, 2.45) is 11.8 Å². The topological polar surface area (TPSA) is 157 Å². The highest BCUT2D eigenvalue weighted by molar-refractivity contribution is 5.98. The first-order valence-corrected chi connectivity index (χ1v) is 18.8. The van der Waals surface area contributed by atoms with Crippen LogP contribution in [0.5, 0.6) is 0 Å². The fourth-order valence-electron chi connectivity index (χ4n) is 8.14. The maximum atomic E-state index is 14.6. The average molecular weight is 717 g/mol. The van der Waals surface area contributed by atoms with E-state index in [1.165, 1.54) is 15.9 Å². The summed E-state index contributed by atoms with van der Waals surface area (Å²) in [7, 11) is 0. The van der Waals surface area contributed by atoms with Gasteiger partial charge in [0.1, 0.15) is 40.9 Å². The summed E-state index contributed by atoms with van der Waals surface area (Å²) in [5, 5.41) is 9.17. The first kappa shape index (κ1) is 34.3. The third-order valence-corrected chi connectivity index (χ3v) is 11.7. The Kier molecular flexibility index (Phi) is 9.02. The highest BCUT2D eigenvalue weighted by Crippen LogP contribution is 2.46. The van der Waals surface area contributed by atoms with Gasteiger partial charge in [0.15, 0.2) is 0 Å². The third kappa shape index (κ3) is 6.44. The lowest BCUT2D eigenvalue weighted by atomic mass is 10.0. The van der Waals surface area contributed by atoms with Crippen LogP contribution in [0.15, 0.2) is 39.9 Å². The van der Waals surface area contributed by atoms with Crippen molar-refractivity contribution >= 4 is 35.2 Å². The molecular formula is C38H45FN6O7. The van der Waals surface area contributed by atoms with Crippen molar-refractivity contribution in [2.75, 3.05) is 36.4 Å². The summed E-state index contributed by atoms with van der Waals surface area (Å²) in [6.45, 7) is 1.97. The first-order valence-electron chi connectivity index (χ1n) is 18.8. The van der Waals surface area contributed by atoms with Gasteiger partial charge < -0.3 is 30.5 Å². The number of halogens is 1. The number of nitrogens with one attached hydrogen (secondary N) is 3. The lowest BCUT2D eigenvalue weighted by Gasteiger charge is -2.36. The number of hydrogen-bond donors (Lipinski definition) is 3. The summed E-state index contributed by atoms with van der Waals surface area (Å²) in [6.07, 6.45) is 9.40. The minimum absolute atomic E-state index is 0.00932. The van der Waals surface area contributed by atoms with E-state index >= 15 is 0 Å². The number of rotatable bonds is 7. The van der Waals surface area contributed by atoms with Crippen molar-refractivity contribution in [1.82, 2.24) is 20.4 Å². The molecule has 5 atom stereocenters. The predicted octanol–water partition coefficient (Wildman–Crippen LogP) is 2.46. The van der Waals surface area contributed by atoms with Gasteiger partial charge in [0, 0.05) is 44.1 Å². The summed E-state index contributed by atoms with van der Waals surface area (Å²) >= 11 is 0. The molecule has 2 aromatic carbocycles. The molecule has 0 aromatic heterocycles. The second-order valence-corrected chi connectivity index (χ2v) is 15.4. The maximum Gasteiger partial charge on any atom is 0.410 e. The molecule has 4 amide bonds. The zero-order valence-corrected chi connectivity index (χ0v) is 29.2. The van der Waals surface area contributed by atoms with Gasteiger partial charge in [-0.25, -0.2) is 9.18 Å². The van der Waals surface area contributed by atoms with Gasteiger partial charge in [-0.3, -0.25) is 28.9 Å². The van der Waals surface area contributed by atoms with E-state index < -0.39 is 58.3 Å². The van der Waals surface area contributed by atoms with E-state index in [9.17, 15) is 33.2 Å². The maximum absolute atomic E-state index is 14.6. The molecule has 0 spiro atoms. The highest BCUT2D eigenvalue weighted by Gasteiger charge is 2.61. The molecule has 0 bridgehead atoms. The monoisotopic (exact) mass is 716 g/mol. The van der Waals surface area contributed by atoms with Gasteiger partial charge in [-0.2, -0.15) is 0 Å². The molecule has 8 rings (SSSR count). The van der Waals surface area contributed by atoms with E-state index in [0.29, 0.717) is 61.6 Å². The molecule has 276 valence electrons. The summed E-state index contributed by atoms with van der Waals surface area (Å²) < 4.78 is 20.4. The Morgan fingerprint density at radius 1 is 1.00 bits per heavy atom. The van der Waals surface area contributed by atoms with Crippen LogP contribution in [0.25, 0.3) is 0 Å². The van der Waals surface area contributed by atoms with Crippen LogP contribution < -0.4 is 31.7 Å². The molecule has 2 saturated heterocycles. The van der Waals surface area contributed by atoms with E-state index in [-0.39, 0.29) is 43.6 Å². The van der Waals surface area contributed by atoms with E-state index in [1.807, 2.05) is 11.0 Å². The number of anilines is 2. The molecule has 4 fully saturated rings. The second kappa shape index (κ2) is 13.7. The SMILES string of the molecule is O=C1N[C@]2(C(=O)NCC3CC3)C[C@H]2/C=C\CCCCC[C@H](Nc2c(N3CCC3)c(=O)c2=O)C(=O)N2C[C@H](OC(=O)N3Cc4cccc(F)c4C3)C[C@@H]12. The number of hydrogen-bond acceptors (Lipinski definition) is 9. The summed E-state index contributed by atoms with van der Waals surface area (Å²) in [5.41, 5.74) is -0.845. The van der Waals surface area contributed by atoms with Crippen molar-refractivity contribution in [1.29, 1.82) is 0 Å². The Morgan fingerprint density at radius 2 is 1.83 bits per heavy atom. The second-order valence-electron chi connectivity index (χ2n) is 15.4. The smallest absolute Gasteiger partial charge is 0.410 e. The van der Waals surface area contributed by atoms with Gasteiger partial charge in [-0.1, -0.05) is 37.1 Å². The minimum Gasteiger partial charge on any atom is -0.444 e. The fraction of sp³-hybridized carbons (Fsp3) is 0.579. The molecule has 14 heteroatoms. The van der Waals surface area contributed by atoms with Crippen LogP contribution in [-0.4, -0.2) is 83.5 Å². The number of ether oxygens (including phenoxy) is 1. The standard InChI is InChI=1S/C38H45FN6O7/c39-27-10-6-8-23-19-44(21-26(23)27)37(51)52-25-16-29-34(48)42-38(36(50)40-18-22-12-13-22)17-24(38)9-4-2-1-3-5-11-28(35(49)45(29)20-25)41-30-31(33(47)32(30)46)43-14-7-15-43/h4,6,8-10,22,24-25,28-29,41H,1-3,5,7,11-21H2,(H,40,50)(H,42,48)/b9-4-/t24-,25-,28+,29+,38-/m1/s1. The largest absolute Gasteiger partial charge is 0.444 e. The molecule has 4 aliphatic heterocycles. The molecule has 0 radical (unpaired) electrons. The van der Waals surface area contributed by atoms with Gasteiger partial charge >= 0.3 is 6.09 Å². The quantitative estimate of drug-likeness (QED) is 0.289. The van der Waals surface area contributed by atoms with Crippen LogP contribution in [0.1, 0.15) is 75.3 Å². The Balaban J connectivity index is 1.05. The van der Waals surface area contributed by atoms with Crippen molar-refractivity contribution in [2.45, 2.75) is 101 Å². The number of amides is 4. The van der Waals surface area contributed by atoms with E-state index in [4.69, 9.17) is 4.74 Å². The Labute approximate surface area is 300 Å². The molecular weight excluding hydrogens is 671 g/mol. The van der Waals surface area contributed by atoms with Gasteiger partial charge in [0.05, 0.1) is 13.1 Å². The van der Waals surface area contributed by atoms with Gasteiger partial charge in [0.2, 0.25) is 17.7 Å². The van der Waals surface area contributed by atoms with Gasteiger partial charge in [-0.15, -0.1) is 0 Å². The number of carbonyl (C=O) groups is 4. The van der Waals surface area contributed by atoms with Crippen LogP contribution >= 0.6 is 0 Å². The van der Waals surface area contributed by atoms with Crippen LogP contribution in [0, 0.1) is 17.7 Å². The van der Waals surface area contributed by atoms with Crippen LogP contribution in [0.2, 0.25) is 0 Å². The number of nitrogens with zero attached hydrogens (tertiary/aromatic N) is 3. The molecule has 6 aliphatic rings. The highest BCUT2D eigenvalue weighted by atomic mass is 19.1. The number of allylic oxidation sites excluding steroid dienone is 1. The zero-order chi connectivity index (χ0) is 36.1. The lowest BCUT2D eigenvalue weighted by molar-refractivity contribution is -0.140. The first-order chi connectivity index (χ1) is 25.1. The fourth-order valence-corrected chi connectivity index (χ4v) is 8.14. The average Bonchev–Trinajstić information content (AvgIpc) is 3.97. The Morgan fingerprint density at radius 3 is 2.58 bits per heavy atom. The number of carbonyl (C=O) groups excluding carboxylic acids is 4. The molecule has 4 heterocycles. The van der Waals surface area contributed by atoms with Crippen molar-refractivity contribution in [3.8, 4) is 0 Å². The van der Waals surface area contributed by atoms with Crippen LogP contribution in [-0.2, 0) is 32.2 Å². The molecule has 52 heavy (non-hydrogen) atoms. The predicted molar refractivity (Wildman–Crippen MR) is 189 cm³/mol. The number of benzene rings is 1. The van der Waals surface area contributed by atoms with Gasteiger partial charge in [0.25, 0.3) is 10.9 Å². The molecule has 2 aliphatic carbocycles.